The number of nitrogens with one attached hydrogen (secondary N) is 1. The van der Waals surface area contributed by atoms with Gasteiger partial charge in [0.15, 0.2) is 5.78 Å². The first-order valence-corrected chi connectivity index (χ1v) is 11.4. The van der Waals surface area contributed by atoms with E-state index in [2.05, 4.69) is 35.4 Å². The average Bonchev–Trinajstić information content (AvgIpc) is 3.19. The van der Waals surface area contributed by atoms with E-state index in [9.17, 15) is 14.9 Å². The van der Waals surface area contributed by atoms with E-state index in [1.807, 2.05) is 6.07 Å². The molecule has 0 spiro atoms. The second-order valence-corrected chi connectivity index (χ2v) is 8.93. The molecule has 1 aromatic heterocycles. The Morgan fingerprint density at radius 2 is 2.03 bits per heavy atom. The van der Waals surface area contributed by atoms with Gasteiger partial charge in [-0.1, -0.05) is 41.6 Å². The lowest BCUT2D eigenvalue weighted by Crippen LogP contribution is -2.31. The Labute approximate surface area is 188 Å². The highest BCUT2D eigenvalue weighted by atomic mass is 32.2. The average molecular weight is 448 g/mol. The number of nitro groups is 1. The van der Waals surface area contributed by atoms with E-state index in [4.69, 9.17) is 5.10 Å². The van der Waals surface area contributed by atoms with Gasteiger partial charge in [-0.3, -0.25) is 14.9 Å². The number of thioether (sulfide) groups is 1. The van der Waals surface area contributed by atoms with Crippen LogP contribution >= 0.6 is 11.8 Å². The van der Waals surface area contributed by atoms with Gasteiger partial charge in [0.1, 0.15) is 6.04 Å². The summed E-state index contributed by atoms with van der Waals surface area (Å²) in [5.41, 5.74) is 4.74. The van der Waals surface area contributed by atoms with Crippen molar-refractivity contribution in [2.24, 2.45) is 0 Å². The monoisotopic (exact) mass is 447 g/mol. The Morgan fingerprint density at radius 3 is 2.78 bits per heavy atom. The molecular formula is C23H21N5O3S. The van der Waals surface area contributed by atoms with Crippen LogP contribution in [0.2, 0.25) is 0 Å². The highest BCUT2D eigenvalue weighted by Crippen LogP contribution is 2.41. The first-order valence-electron chi connectivity index (χ1n) is 10.4. The highest BCUT2D eigenvalue weighted by molar-refractivity contribution is 7.98. The van der Waals surface area contributed by atoms with Crippen LogP contribution in [0, 0.1) is 17.0 Å². The maximum atomic E-state index is 12.9. The molecule has 0 saturated carbocycles. The summed E-state index contributed by atoms with van der Waals surface area (Å²) in [7, 11) is 0. The maximum absolute atomic E-state index is 12.9. The van der Waals surface area contributed by atoms with Gasteiger partial charge in [-0.2, -0.15) is 4.98 Å². The molecule has 0 unspecified atom stereocenters. The Morgan fingerprint density at radius 1 is 1.22 bits per heavy atom. The van der Waals surface area contributed by atoms with Crippen LogP contribution in [0.15, 0.2) is 65.0 Å². The molecule has 1 aliphatic heterocycles. The van der Waals surface area contributed by atoms with Gasteiger partial charge in [-0.25, -0.2) is 4.68 Å². The molecule has 0 fully saturated rings. The minimum Gasteiger partial charge on any atom is -0.328 e. The number of benzene rings is 2. The van der Waals surface area contributed by atoms with E-state index < -0.39 is 11.0 Å². The number of non-ortho nitro benzene ring substituents is 1. The fourth-order valence-electron chi connectivity index (χ4n) is 4.23. The molecule has 1 aliphatic carbocycles. The minimum absolute atomic E-state index is 0.0140. The number of ketones is 1. The van der Waals surface area contributed by atoms with Gasteiger partial charge in [0.25, 0.3) is 5.69 Å². The van der Waals surface area contributed by atoms with Gasteiger partial charge in [-0.15, -0.1) is 5.10 Å². The number of carbonyl (C=O) groups is 1. The lowest BCUT2D eigenvalue weighted by atomic mass is 9.85. The Bertz CT molecular complexity index is 1250. The van der Waals surface area contributed by atoms with Gasteiger partial charge in [0.05, 0.1) is 4.92 Å². The van der Waals surface area contributed by atoms with Crippen molar-refractivity contribution in [3.05, 3.63) is 86.6 Å². The molecule has 0 bridgehead atoms. The second kappa shape index (κ2) is 8.23. The zero-order valence-corrected chi connectivity index (χ0v) is 18.3. The third-order valence-corrected chi connectivity index (χ3v) is 6.63. The van der Waals surface area contributed by atoms with E-state index in [1.165, 1.54) is 35.0 Å². The van der Waals surface area contributed by atoms with Crippen molar-refractivity contribution in [3.63, 3.8) is 0 Å². The number of carbonyl (C=O) groups excluding carboxylic acids is 1. The topological polar surface area (TPSA) is 103 Å². The summed E-state index contributed by atoms with van der Waals surface area (Å²) in [6.45, 7) is 2.06. The number of aryl methyl sites for hydroxylation is 1. The lowest BCUT2D eigenvalue weighted by Gasteiger charge is -2.32. The summed E-state index contributed by atoms with van der Waals surface area (Å²) in [5, 5.41) is 19.7. The summed E-state index contributed by atoms with van der Waals surface area (Å²) in [4.78, 5) is 28.2. The smallest absolute Gasteiger partial charge is 0.269 e. The Kier molecular flexibility index (Phi) is 5.26. The van der Waals surface area contributed by atoms with Crippen LogP contribution in [0.5, 0.6) is 0 Å². The first kappa shape index (κ1) is 20.4. The molecule has 1 atom stereocenters. The Hall–Kier alpha value is -3.46. The quantitative estimate of drug-likeness (QED) is 0.340. The van der Waals surface area contributed by atoms with Crippen LogP contribution in [0.3, 0.4) is 0 Å². The fourth-order valence-corrected chi connectivity index (χ4v) is 5.01. The molecule has 32 heavy (non-hydrogen) atoms. The van der Waals surface area contributed by atoms with E-state index in [0.29, 0.717) is 23.1 Å². The van der Waals surface area contributed by atoms with Gasteiger partial charge < -0.3 is 5.32 Å². The van der Waals surface area contributed by atoms with Gasteiger partial charge in [-0.05, 0) is 43.0 Å². The molecular weight excluding hydrogens is 426 g/mol. The van der Waals surface area contributed by atoms with Crippen LogP contribution in [-0.4, -0.2) is 25.5 Å². The molecule has 3 aromatic rings. The summed E-state index contributed by atoms with van der Waals surface area (Å²) in [5.74, 6) is 1.41. The van der Waals surface area contributed by atoms with Crippen LogP contribution in [0.25, 0.3) is 0 Å². The molecule has 0 saturated heterocycles. The molecule has 8 nitrogen and oxygen atoms in total. The molecule has 2 aliphatic rings. The minimum atomic E-state index is -0.448. The molecule has 0 radical (unpaired) electrons. The third-order valence-electron chi connectivity index (χ3n) is 5.72. The SMILES string of the molecule is Cc1cccc(CSc2nc3n(n2)[C@H](c2ccc([N+](=O)[O-])cc2)C2=C(CCCC2=O)N3)c1. The van der Waals surface area contributed by atoms with Crippen molar-refractivity contribution in [1.29, 1.82) is 0 Å². The predicted octanol–water partition coefficient (Wildman–Crippen LogP) is 4.81. The molecule has 5 rings (SSSR count). The molecule has 162 valence electrons. The molecule has 0 amide bonds. The molecule has 2 heterocycles. The number of fused-ring (bicyclic) bond motifs is 1. The third kappa shape index (κ3) is 3.80. The predicted molar refractivity (Wildman–Crippen MR) is 122 cm³/mol. The number of Topliss-reactive ketones (excluding diaryl/α,β-unsaturated/α-hetero) is 1. The van der Waals surface area contributed by atoms with Crippen molar-refractivity contribution < 1.29 is 9.72 Å². The summed E-state index contributed by atoms with van der Waals surface area (Å²) < 4.78 is 1.74. The van der Waals surface area contributed by atoms with E-state index >= 15 is 0 Å². The second-order valence-electron chi connectivity index (χ2n) is 7.99. The van der Waals surface area contributed by atoms with Crippen molar-refractivity contribution in [2.45, 2.75) is 43.1 Å². The number of allylic oxidation sites excluding steroid dienone is 2. The number of rotatable bonds is 5. The normalized spacial score (nSPS) is 17.5. The van der Waals surface area contributed by atoms with Crippen molar-refractivity contribution in [1.82, 2.24) is 14.8 Å². The van der Waals surface area contributed by atoms with Gasteiger partial charge >= 0.3 is 0 Å². The fraction of sp³-hybridized carbons (Fsp3) is 0.261. The van der Waals surface area contributed by atoms with Gasteiger partial charge in [0.2, 0.25) is 11.1 Å². The number of nitrogens with zero attached hydrogens (tertiary/aromatic N) is 4. The molecule has 1 N–H and O–H groups in total. The van der Waals surface area contributed by atoms with Crippen LogP contribution in [-0.2, 0) is 10.5 Å². The first-order chi connectivity index (χ1) is 15.5. The van der Waals surface area contributed by atoms with Crippen molar-refractivity contribution in [2.75, 3.05) is 5.32 Å². The maximum Gasteiger partial charge on any atom is 0.269 e. The number of nitro benzene ring substituents is 1. The standard InChI is InChI=1S/C23H21N5O3S/c1-14-4-2-5-15(12-14)13-32-23-25-22-24-18-6-3-7-19(29)20(18)21(27(22)26-23)16-8-10-17(11-9-16)28(30)31/h2,4-5,8-12,21H,3,6-7,13H2,1H3,(H,24,25,26)/t21-/m1/s1. The molecule has 2 aromatic carbocycles. The lowest BCUT2D eigenvalue weighted by molar-refractivity contribution is -0.384. The van der Waals surface area contributed by atoms with E-state index in [1.54, 1.807) is 16.8 Å². The van der Waals surface area contributed by atoms with Crippen LogP contribution < -0.4 is 5.32 Å². The van der Waals surface area contributed by atoms with Crippen molar-refractivity contribution >= 4 is 29.2 Å². The zero-order valence-electron chi connectivity index (χ0n) is 17.4. The van der Waals surface area contributed by atoms with Gasteiger partial charge in [0, 0.05) is 35.6 Å². The summed E-state index contributed by atoms with van der Waals surface area (Å²) in [6.07, 6.45) is 2.05. The number of aromatic nitrogens is 3. The summed E-state index contributed by atoms with van der Waals surface area (Å²) in [6, 6.07) is 14.2. The summed E-state index contributed by atoms with van der Waals surface area (Å²) >= 11 is 1.54. The highest BCUT2D eigenvalue weighted by Gasteiger charge is 2.37. The van der Waals surface area contributed by atoms with Crippen molar-refractivity contribution in [3.8, 4) is 0 Å². The van der Waals surface area contributed by atoms with E-state index in [0.717, 1.165) is 29.9 Å². The van der Waals surface area contributed by atoms with E-state index in [-0.39, 0.29) is 11.5 Å². The van der Waals surface area contributed by atoms with Crippen LogP contribution in [0.4, 0.5) is 11.6 Å². The largest absolute Gasteiger partial charge is 0.328 e. The number of hydrogen-bond acceptors (Lipinski definition) is 7. The number of anilines is 1. The molecule has 9 heteroatoms. The van der Waals surface area contributed by atoms with Crippen LogP contribution in [0.1, 0.15) is 42.0 Å². The zero-order chi connectivity index (χ0) is 22.2. The number of hydrogen-bond donors (Lipinski definition) is 1. The Balaban J connectivity index is 1.50.